The lowest BCUT2D eigenvalue weighted by Crippen LogP contribution is -2.59. The molecule has 145 heavy (non-hydrogen) atoms. The number of methoxy groups -OCH3 is 1. The lowest BCUT2D eigenvalue weighted by Gasteiger charge is -2.34. The molecule has 796 valence electrons. The number of carboxylic acids is 10. The maximum atomic E-state index is 13.6. The highest BCUT2D eigenvalue weighted by atomic mass is 19.5. The zero-order valence-corrected chi connectivity index (χ0v) is 73.2. The first-order chi connectivity index (χ1) is 65.0. The summed E-state index contributed by atoms with van der Waals surface area (Å²) in [6, 6.07) is 16.2. The average Bonchev–Trinajstić information content (AvgIpc) is 0.727. The van der Waals surface area contributed by atoms with Crippen molar-refractivity contribution in [3.05, 3.63) is 300 Å². The highest BCUT2D eigenvalue weighted by Crippen LogP contribution is 2.57. The van der Waals surface area contributed by atoms with Gasteiger partial charge in [-0.25, -0.2) is 22.8 Å². The number of halogens is 36. The fraction of sp³-hybridized carbons (Fsp3) is 0.264. The Kier molecular flexibility index (Phi) is 42.1. The number of alkyl halides is 33. The largest absolute Gasteiger partial charge is 0.872 e. The summed E-state index contributed by atoms with van der Waals surface area (Å²) in [4.78, 5) is 105. The lowest BCUT2D eigenvalue weighted by molar-refractivity contribution is -0.399. The summed E-state index contributed by atoms with van der Waals surface area (Å²) < 4.78 is 457. The van der Waals surface area contributed by atoms with Crippen molar-refractivity contribution < 1.29 is 267 Å². The monoisotopic (exact) mass is 2140 g/mol. The van der Waals surface area contributed by atoms with Gasteiger partial charge in [0.25, 0.3) is 0 Å². The molecular weight excluding hydrogens is 2080 g/mol. The minimum Gasteiger partial charge on any atom is -0.872 e. The Morgan fingerprint density at radius 2 is 0.683 bits per heavy atom. The van der Waals surface area contributed by atoms with Crippen molar-refractivity contribution in [2.45, 2.75) is 143 Å². The van der Waals surface area contributed by atoms with Gasteiger partial charge in [-0.2, -0.15) is 145 Å². The number of benzene rings is 9. The normalized spacial score (nSPS) is 11.9. The Morgan fingerprint density at radius 3 is 1.06 bits per heavy atom. The lowest BCUT2D eigenvalue weighted by atomic mass is 9.94. The molecule has 0 atom stereocenters. The number of carboxylic acid groups (broad SMARTS) is 10. The fourth-order valence-corrected chi connectivity index (χ4v) is 11.4. The Hall–Kier alpha value is -15.2. The predicted octanol–water partition coefficient (Wildman–Crippen LogP) is 15.1. The van der Waals surface area contributed by atoms with E-state index in [0.717, 1.165) is 75.1 Å². The van der Waals surface area contributed by atoms with Crippen LogP contribution in [-0.4, -0.2) is 95.0 Å². The Bertz CT molecular complexity index is 6330. The predicted molar refractivity (Wildman–Crippen MR) is 400 cm³/mol. The molecule has 0 fully saturated rings. The van der Waals surface area contributed by atoms with Crippen LogP contribution >= 0.6 is 0 Å². The molecule has 0 amide bonds. The molecule has 0 unspecified atom stereocenters. The maximum absolute atomic E-state index is 13.6. The molecule has 0 spiro atoms. The molecule has 2 N–H and O–H groups in total. The Labute approximate surface area is 785 Å². The first kappa shape index (κ1) is 128. The fourth-order valence-electron chi connectivity index (χ4n) is 11.4. The highest BCUT2D eigenvalue weighted by molar-refractivity contribution is 6.02. The summed E-state index contributed by atoms with van der Waals surface area (Å²) in [5.41, 5.74) is -23.8. The molecule has 0 aliphatic heterocycles. The molecule has 0 aromatic heterocycles. The van der Waals surface area contributed by atoms with Gasteiger partial charge < -0.3 is 99.3 Å². The van der Waals surface area contributed by atoms with Crippen LogP contribution in [0.4, 0.5) is 158 Å². The molecule has 9 rings (SSSR count). The van der Waals surface area contributed by atoms with Gasteiger partial charge in [0.15, 0.2) is 0 Å². The molecule has 0 saturated carbocycles. The molecule has 0 saturated heterocycles. The third-order valence-corrected chi connectivity index (χ3v) is 18.1. The number of ether oxygens (including phenoxy) is 1. The second kappa shape index (κ2) is 47.8. The zero-order valence-electron chi connectivity index (χ0n) is 73.2. The van der Waals surface area contributed by atoms with Gasteiger partial charge >= 0.3 is 85.3 Å². The number of hydrogen-bond donors (Lipinski definition) is 2. The van der Waals surface area contributed by atoms with E-state index in [1.807, 2.05) is 0 Å². The summed E-state index contributed by atoms with van der Waals surface area (Å²) in [5, 5.41) is 112. The molecule has 0 heterocycles. The highest BCUT2D eigenvalue weighted by Gasteiger charge is 2.82. The number of aryl methyl sites for hydroxylation is 8. The van der Waals surface area contributed by atoms with Crippen molar-refractivity contribution in [1.29, 1.82) is 0 Å². The zero-order chi connectivity index (χ0) is 114. The standard InChI is InChI=1S/C12H7F9O2.C10H6F6O2.C10H7F3O4.C10H9F3O3.C10H9F3O2.C9H4F6O2.2C9H7F3O2.C8H8O3/c1-5-2-6(8(22)23)4-7(3-5)9(13,14)10(15,16)11(17,18)12(19,20)21;1-4-2-5(8(17)18)3-6(9(11,12)13)7(4)10(14,15)16;1-4-2-5(8(14)15)7(9(16)17)6(3-4)10(11,12)13;1-5-3-6(9(14)15)8(16-2)7(4-5)10(11,12)13;1-5-3-7(10(11,12)13)4-8(6(5)2)9(14)15;1-2-5(10)3(8(16)17)7(12)4(6(2)11)9(13,14)15;1-5-2-3-7(9(10,11)12)6(4-5)8(13)14;1-5-3-2-4-6(9(10,11)12)7(5)8(13)14;1-5-2-3-6(8(10)11)7(9)4-5/h2-4H,1H3,(H,22,23);2-3H,1H3,(H,17,18);2-3H,1H3,(H,14,15)(H,16,17);3-4H,1-2H3,(H,14,15);3-4H,1-2H3,(H,14,15);1H3,(H,16,17);2*2-4H,1H3,(H,13,14);2-4,9H,1H3,(H,10,11)/p-9. The van der Waals surface area contributed by atoms with E-state index < -0.39 is 273 Å². The van der Waals surface area contributed by atoms with E-state index in [4.69, 9.17) is 10.2 Å². The summed E-state index contributed by atoms with van der Waals surface area (Å²) in [5.74, 6) is -46.3. The van der Waals surface area contributed by atoms with Crippen LogP contribution in [0.1, 0.15) is 209 Å². The SMILES string of the molecule is COc1c(C(=O)[O-])cc(C)cc1C(F)(F)F.Cc1c(F)c(C(=O)[O-])c(F)c(C(F)(F)F)c1F.Cc1cc(C(=O)[O-])c(C(=O)O)c(C(F)(F)F)c1.Cc1cc(C(=O)[O-])cc(C(F)(F)C(F)(F)C(F)(F)C(F)(F)F)c1.Cc1cc(C(=O)[O-])cc(C(F)(F)F)c1C(F)(F)F.Cc1cc(C(F)(F)F)cc(C(=O)[O-])c1C.Cc1ccc(C(=O)O)c([O-])c1.Cc1ccc(C(F)(F)F)c(C(=O)[O-])c1.Cc1cccc(C(F)(F)F)c1C(=O)[O-]. The van der Waals surface area contributed by atoms with E-state index in [0.29, 0.717) is 42.3 Å². The molecule has 9 aromatic carbocycles. The van der Waals surface area contributed by atoms with Gasteiger partial charge in [-0.3, -0.25) is 0 Å². The minimum atomic E-state index is -7.05. The van der Waals surface area contributed by atoms with Crippen LogP contribution in [0.15, 0.2) is 121 Å². The summed E-state index contributed by atoms with van der Waals surface area (Å²) in [6.45, 7) is 12.3. The number of aromatic carboxylic acids is 10. The summed E-state index contributed by atoms with van der Waals surface area (Å²) in [7, 11) is 0.979. The summed E-state index contributed by atoms with van der Waals surface area (Å²) >= 11 is 0. The van der Waals surface area contributed by atoms with Crippen LogP contribution in [0.25, 0.3) is 0 Å². The van der Waals surface area contributed by atoms with Gasteiger partial charge in [0.05, 0.1) is 110 Å². The van der Waals surface area contributed by atoms with Gasteiger partial charge in [0, 0.05) is 38.9 Å². The van der Waals surface area contributed by atoms with Crippen molar-refractivity contribution in [1.82, 2.24) is 0 Å². The first-order valence-electron chi connectivity index (χ1n) is 37.3. The van der Waals surface area contributed by atoms with Crippen LogP contribution in [0.3, 0.4) is 0 Å². The van der Waals surface area contributed by atoms with E-state index in [2.05, 4.69) is 4.74 Å². The third kappa shape index (κ3) is 33.7. The number of carbonyl (C=O) groups excluding carboxylic acids is 8. The quantitative estimate of drug-likeness (QED) is 0.0955. The van der Waals surface area contributed by atoms with E-state index >= 15 is 0 Å². The second-order valence-corrected chi connectivity index (χ2v) is 28.9. The van der Waals surface area contributed by atoms with Gasteiger partial charge in [-0.1, -0.05) is 53.3 Å². The minimum absolute atomic E-state index is 0.0125. The van der Waals surface area contributed by atoms with E-state index in [9.17, 15) is 252 Å². The number of rotatable bonds is 14. The smallest absolute Gasteiger partial charge is 0.460 e. The van der Waals surface area contributed by atoms with E-state index in [1.165, 1.54) is 65.8 Å². The summed E-state index contributed by atoms with van der Waals surface area (Å²) in [6.07, 6.45) is -46.4. The maximum Gasteiger partial charge on any atom is 0.460 e. The molecule has 0 bridgehead atoms. The van der Waals surface area contributed by atoms with Crippen LogP contribution < -0.4 is 50.7 Å². The molecule has 22 nitrogen and oxygen atoms in total. The Morgan fingerprint density at radius 1 is 0.276 bits per heavy atom. The van der Waals surface area contributed by atoms with Crippen LogP contribution in [0.5, 0.6) is 11.5 Å². The van der Waals surface area contributed by atoms with Crippen molar-refractivity contribution >= 4 is 59.7 Å². The van der Waals surface area contributed by atoms with Crippen molar-refractivity contribution in [3.63, 3.8) is 0 Å². The van der Waals surface area contributed by atoms with Crippen molar-refractivity contribution in [3.8, 4) is 11.5 Å². The van der Waals surface area contributed by atoms with Gasteiger partial charge in [0.1, 0.15) is 28.8 Å². The third-order valence-electron chi connectivity index (χ3n) is 18.1. The van der Waals surface area contributed by atoms with Gasteiger partial charge in [-0.15, -0.1) is 0 Å². The first-order valence-corrected chi connectivity index (χ1v) is 37.3. The van der Waals surface area contributed by atoms with Crippen LogP contribution in [0.2, 0.25) is 0 Å². The van der Waals surface area contributed by atoms with Crippen LogP contribution in [-0.2, 0) is 55.3 Å². The van der Waals surface area contributed by atoms with Gasteiger partial charge in [-0.05, 0) is 204 Å². The molecule has 58 heteroatoms. The van der Waals surface area contributed by atoms with Crippen molar-refractivity contribution in [2.75, 3.05) is 7.11 Å². The topological polar surface area (TPSA) is 428 Å². The second-order valence-electron chi connectivity index (χ2n) is 28.9. The van der Waals surface area contributed by atoms with Crippen molar-refractivity contribution in [2.24, 2.45) is 0 Å². The van der Waals surface area contributed by atoms with E-state index in [1.54, 1.807) is 13.0 Å². The van der Waals surface area contributed by atoms with Gasteiger partial charge in [0.2, 0.25) is 0 Å². The van der Waals surface area contributed by atoms with E-state index in [-0.39, 0.29) is 51.6 Å². The number of hydrogen-bond acceptors (Lipinski definition) is 20. The molecular formula is C87H55F36O22-9. The molecule has 0 radical (unpaired) electrons. The number of carbonyl (C=O) groups is 10. The molecule has 0 aliphatic rings. The molecule has 9 aromatic rings. The average molecular weight is 2140 g/mol. The molecule has 0 aliphatic carbocycles. The Balaban J connectivity index is 0.000000820. The van der Waals surface area contributed by atoms with Crippen LogP contribution in [0, 0.1) is 86.7 Å².